The molecule has 0 atom stereocenters. The molecule has 0 radical (unpaired) electrons. The topological polar surface area (TPSA) is 68.7 Å². The molecule has 0 spiro atoms. The van der Waals surface area contributed by atoms with E-state index in [2.05, 4.69) is 42.2 Å². The van der Waals surface area contributed by atoms with E-state index in [9.17, 15) is 4.79 Å². The molecule has 5 nitrogen and oxygen atoms in total. The second kappa shape index (κ2) is 11.7. The van der Waals surface area contributed by atoms with Gasteiger partial charge in [0.05, 0.1) is 17.8 Å². The normalized spacial score (nSPS) is 10.8. The Labute approximate surface area is 210 Å². The van der Waals surface area contributed by atoms with Gasteiger partial charge in [0.1, 0.15) is 18.1 Å². The van der Waals surface area contributed by atoms with Crippen LogP contribution in [0.4, 0.5) is 0 Å². The van der Waals surface area contributed by atoms with Crippen molar-refractivity contribution in [3.05, 3.63) is 99.5 Å². The van der Waals surface area contributed by atoms with Gasteiger partial charge >= 0.3 is 5.97 Å². The lowest BCUT2D eigenvalue weighted by Gasteiger charge is -2.12. The zero-order valence-electron chi connectivity index (χ0n) is 20.0. The number of aryl methyl sites for hydroxylation is 3. The third-order valence-corrected chi connectivity index (χ3v) is 6.83. The number of aromatic nitrogens is 1. The van der Waals surface area contributed by atoms with Crippen LogP contribution in [-0.2, 0) is 24.2 Å². The average molecular weight is 488 g/mol. The molecule has 1 heterocycles. The van der Waals surface area contributed by atoms with Crippen LogP contribution in [0, 0.1) is 13.8 Å². The lowest BCUT2D eigenvalue weighted by atomic mass is 9.99. The molecular weight excluding hydrogens is 458 g/mol. The summed E-state index contributed by atoms with van der Waals surface area (Å²) in [5.41, 5.74) is 8.50. The number of nitrogens with zero attached hydrogens (tertiary/aromatic N) is 1. The highest BCUT2D eigenvalue weighted by Crippen LogP contribution is 2.28. The molecule has 4 aromatic rings. The fourth-order valence-electron chi connectivity index (χ4n) is 3.88. The number of ether oxygens (including phenoxy) is 2. The van der Waals surface area contributed by atoms with Gasteiger partial charge in [0.15, 0.2) is 0 Å². The molecule has 0 bridgehead atoms. The van der Waals surface area contributed by atoms with E-state index in [1.165, 1.54) is 10.4 Å². The molecule has 4 rings (SSSR count). The second-order valence-corrected chi connectivity index (χ2v) is 9.40. The largest absolute Gasteiger partial charge is 0.493 e. The van der Waals surface area contributed by atoms with Gasteiger partial charge in [-0.05, 0) is 78.4 Å². The highest BCUT2D eigenvalue weighted by molar-refractivity contribution is 7.09. The van der Waals surface area contributed by atoms with Crippen molar-refractivity contribution in [2.75, 3.05) is 6.61 Å². The highest BCUT2D eigenvalue weighted by Gasteiger charge is 2.07. The molecule has 1 aromatic heterocycles. The third kappa shape index (κ3) is 6.93. The number of thiazole rings is 1. The predicted molar refractivity (Wildman–Crippen MR) is 139 cm³/mol. The molecule has 1 N–H and O–H groups in total. The SMILES string of the molecule is Cc1cc(OCCc2scnc2C)ccc1-c1cccc(COc2ccc(CCC(=O)O)cc2)c1. The molecule has 0 aliphatic carbocycles. The van der Waals surface area contributed by atoms with Crippen LogP contribution < -0.4 is 9.47 Å². The minimum absolute atomic E-state index is 0.131. The smallest absolute Gasteiger partial charge is 0.303 e. The van der Waals surface area contributed by atoms with Crippen LogP contribution in [0.3, 0.4) is 0 Å². The zero-order valence-corrected chi connectivity index (χ0v) is 20.8. The van der Waals surface area contributed by atoms with Gasteiger partial charge in [0.2, 0.25) is 0 Å². The summed E-state index contributed by atoms with van der Waals surface area (Å²) in [7, 11) is 0. The van der Waals surface area contributed by atoms with E-state index in [0.29, 0.717) is 19.6 Å². The molecule has 0 saturated carbocycles. The van der Waals surface area contributed by atoms with Gasteiger partial charge in [0, 0.05) is 17.7 Å². The number of benzene rings is 3. The molecule has 0 fully saturated rings. The van der Waals surface area contributed by atoms with Crippen molar-refractivity contribution in [2.24, 2.45) is 0 Å². The minimum Gasteiger partial charge on any atom is -0.493 e. The van der Waals surface area contributed by atoms with Gasteiger partial charge in [-0.3, -0.25) is 4.79 Å². The van der Waals surface area contributed by atoms with E-state index >= 15 is 0 Å². The third-order valence-electron chi connectivity index (χ3n) is 5.83. The number of hydrogen-bond donors (Lipinski definition) is 1. The number of carboxylic acid groups (broad SMARTS) is 1. The summed E-state index contributed by atoms with van der Waals surface area (Å²) in [5.74, 6) is 0.852. The van der Waals surface area contributed by atoms with E-state index in [1.807, 2.05) is 48.8 Å². The summed E-state index contributed by atoms with van der Waals surface area (Å²) < 4.78 is 11.9. The molecule has 6 heteroatoms. The van der Waals surface area contributed by atoms with Gasteiger partial charge < -0.3 is 14.6 Å². The highest BCUT2D eigenvalue weighted by atomic mass is 32.1. The Morgan fingerprint density at radius 3 is 2.43 bits per heavy atom. The summed E-state index contributed by atoms with van der Waals surface area (Å²) in [6.45, 7) is 5.23. The van der Waals surface area contributed by atoms with Crippen LogP contribution in [0.25, 0.3) is 11.1 Å². The van der Waals surface area contributed by atoms with Gasteiger partial charge in [0.25, 0.3) is 0 Å². The molecule has 0 aliphatic heterocycles. The maximum Gasteiger partial charge on any atom is 0.303 e. The van der Waals surface area contributed by atoms with Crippen molar-refractivity contribution in [3.8, 4) is 22.6 Å². The summed E-state index contributed by atoms with van der Waals surface area (Å²) in [6, 6.07) is 22.2. The van der Waals surface area contributed by atoms with Crippen LogP contribution in [0.1, 0.15) is 33.7 Å². The first-order chi connectivity index (χ1) is 17.0. The molecular formula is C29H29NO4S. The van der Waals surface area contributed by atoms with Crippen molar-refractivity contribution in [2.45, 2.75) is 39.7 Å². The van der Waals surface area contributed by atoms with Gasteiger partial charge in [-0.2, -0.15) is 0 Å². The predicted octanol–water partition coefficient (Wildman–Crippen LogP) is 6.64. The molecule has 3 aromatic carbocycles. The number of carbonyl (C=O) groups is 1. The average Bonchev–Trinajstić information content (AvgIpc) is 3.27. The Morgan fingerprint density at radius 1 is 0.914 bits per heavy atom. The van der Waals surface area contributed by atoms with Gasteiger partial charge in [-0.1, -0.05) is 36.4 Å². The maximum absolute atomic E-state index is 10.7. The van der Waals surface area contributed by atoms with Crippen molar-refractivity contribution in [1.29, 1.82) is 0 Å². The molecule has 0 amide bonds. The van der Waals surface area contributed by atoms with E-state index in [-0.39, 0.29) is 6.42 Å². The van der Waals surface area contributed by atoms with Crippen molar-refractivity contribution >= 4 is 17.3 Å². The van der Waals surface area contributed by atoms with Crippen molar-refractivity contribution in [1.82, 2.24) is 4.98 Å². The lowest BCUT2D eigenvalue weighted by Crippen LogP contribution is -2.01. The zero-order chi connectivity index (χ0) is 24.6. The second-order valence-electron chi connectivity index (χ2n) is 8.46. The number of rotatable bonds is 11. The fourth-order valence-corrected chi connectivity index (χ4v) is 4.64. The Balaban J connectivity index is 1.34. The van der Waals surface area contributed by atoms with Gasteiger partial charge in [-0.15, -0.1) is 11.3 Å². The number of carboxylic acids is 1. The van der Waals surface area contributed by atoms with Crippen molar-refractivity contribution < 1.29 is 19.4 Å². The summed E-state index contributed by atoms with van der Waals surface area (Å²) in [4.78, 5) is 16.3. The van der Waals surface area contributed by atoms with E-state index in [0.717, 1.165) is 45.9 Å². The molecule has 0 saturated heterocycles. The summed E-state index contributed by atoms with van der Waals surface area (Å²) >= 11 is 1.67. The minimum atomic E-state index is -0.787. The first kappa shape index (κ1) is 24.5. The number of hydrogen-bond acceptors (Lipinski definition) is 5. The van der Waals surface area contributed by atoms with Crippen LogP contribution in [0.15, 0.2) is 72.2 Å². The Hall–Kier alpha value is -3.64. The van der Waals surface area contributed by atoms with E-state index < -0.39 is 5.97 Å². The molecule has 35 heavy (non-hydrogen) atoms. The monoisotopic (exact) mass is 487 g/mol. The van der Waals surface area contributed by atoms with Crippen LogP contribution >= 0.6 is 11.3 Å². The summed E-state index contributed by atoms with van der Waals surface area (Å²) in [5, 5.41) is 8.82. The quantitative estimate of drug-likeness (QED) is 0.257. The standard InChI is InChI=1S/C29H29NO4S/c1-20-16-26(33-15-14-28-21(2)30-19-35-28)11-12-27(20)24-5-3-4-23(17-24)18-34-25-9-6-22(7-10-25)8-13-29(31)32/h3-7,9-12,16-17,19H,8,13-15,18H2,1-2H3,(H,31,32). The Morgan fingerprint density at radius 2 is 1.71 bits per heavy atom. The van der Waals surface area contributed by atoms with Crippen LogP contribution in [0.5, 0.6) is 11.5 Å². The maximum atomic E-state index is 10.7. The van der Waals surface area contributed by atoms with Crippen molar-refractivity contribution in [3.63, 3.8) is 0 Å². The molecule has 180 valence electrons. The fraction of sp³-hybridized carbons (Fsp3) is 0.241. The Kier molecular flexibility index (Phi) is 8.16. The van der Waals surface area contributed by atoms with Crippen LogP contribution in [0.2, 0.25) is 0 Å². The van der Waals surface area contributed by atoms with E-state index in [4.69, 9.17) is 14.6 Å². The first-order valence-corrected chi connectivity index (χ1v) is 12.5. The van der Waals surface area contributed by atoms with Gasteiger partial charge in [-0.25, -0.2) is 4.98 Å². The first-order valence-electron chi connectivity index (χ1n) is 11.6. The summed E-state index contributed by atoms with van der Waals surface area (Å²) in [6.07, 6.45) is 1.52. The van der Waals surface area contributed by atoms with Crippen LogP contribution in [-0.4, -0.2) is 22.7 Å². The molecule has 0 aliphatic rings. The van der Waals surface area contributed by atoms with E-state index in [1.54, 1.807) is 11.3 Å². The molecule has 0 unspecified atom stereocenters. The number of aliphatic carboxylic acids is 1. The lowest BCUT2D eigenvalue weighted by molar-refractivity contribution is -0.136. The Bertz CT molecular complexity index is 1280.